The molecule has 2 atom stereocenters. The van der Waals surface area contributed by atoms with Crippen molar-refractivity contribution in [2.24, 2.45) is 0 Å². The van der Waals surface area contributed by atoms with Crippen molar-refractivity contribution in [3.8, 4) is 5.75 Å². The van der Waals surface area contributed by atoms with Gasteiger partial charge in [-0.15, -0.1) is 0 Å². The molecular weight excluding hydrogens is 399 g/mol. The van der Waals surface area contributed by atoms with Crippen LogP contribution in [0.4, 0.5) is 13.2 Å². The maximum absolute atomic E-state index is 13.2. The molecule has 30 heavy (non-hydrogen) atoms. The van der Waals surface area contributed by atoms with Crippen molar-refractivity contribution in [2.75, 3.05) is 13.2 Å². The number of aromatic nitrogens is 2. The van der Waals surface area contributed by atoms with Crippen LogP contribution < -0.4 is 4.74 Å². The highest BCUT2D eigenvalue weighted by Gasteiger charge is 2.34. The Bertz CT molecular complexity index is 889. The van der Waals surface area contributed by atoms with E-state index >= 15 is 0 Å². The second-order valence-corrected chi connectivity index (χ2v) is 8.21. The summed E-state index contributed by atoms with van der Waals surface area (Å²) in [5.41, 5.74) is -0.249. The maximum atomic E-state index is 13.2. The van der Waals surface area contributed by atoms with E-state index in [1.165, 1.54) is 18.2 Å². The highest BCUT2D eigenvalue weighted by molar-refractivity contribution is 5.97. The van der Waals surface area contributed by atoms with Crippen molar-refractivity contribution in [3.63, 3.8) is 0 Å². The molecule has 0 radical (unpaired) electrons. The van der Waals surface area contributed by atoms with E-state index in [1.54, 1.807) is 41.9 Å². The van der Waals surface area contributed by atoms with Crippen LogP contribution in [0.1, 0.15) is 55.6 Å². The fourth-order valence-electron chi connectivity index (χ4n) is 3.52. The van der Waals surface area contributed by atoms with Gasteiger partial charge in [0.25, 0.3) is 5.91 Å². The number of rotatable bonds is 5. The molecule has 1 aliphatic rings. The highest BCUT2D eigenvalue weighted by atomic mass is 19.4. The number of halogens is 3. The molecule has 1 amide bonds. The monoisotopic (exact) mass is 425 g/mol. The molecule has 3 rings (SSSR count). The molecule has 9 heteroatoms. The zero-order chi connectivity index (χ0) is 22.1. The third kappa shape index (κ3) is 5.13. The molecule has 0 spiro atoms. The van der Waals surface area contributed by atoms with Gasteiger partial charge in [-0.3, -0.25) is 9.48 Å². The van der Waals surface area contributed by atoms with E-state index in [0.29, 0.717) is 12.1 Å². The third-order valence-corrected chi connectivity index (χ3v) is 5.31. The van der Waals surface area contributed by atoms with E-state index in [2.05, 4.69) is 5.10 Å². The molecule has 1 N–H and O–H groups in total. The summed E-state index contributed by atoms with van der Waals surface area (Å²) in [5.74, 6) is -0.461. The quantitative estimate of drug-likeness (QED) is 0.789. The van der Waals surface area contributed by atoms with Gasteiger partial charge in [0.15, 0.2) is 6.61 Å². The number of alkyl halides is 3. The van der Waals surface area contributed by atoms with Gasteiger partial charge in [-0.2, -0.15) is 18.3 Å². The molecule has 0 bridgehead atoms. The van der Waals surface area contributed by atoms with Crippen LogP contribution in [0.3, 0.4) is 0 Å². The van der Waals surface area contributed by atoms with E-state index in [1.807, 2.05) is 6.92 Å². The molecule has 0 unspecified atom stereocenters. The number of benzene rings is 1. The predicted octanol–water partition coefficient (Wildman–Crippen LogP) is 3.92. The average molecular weight is 425 g/mol. The Morgan fingerprint density at radius 1 is 1.27 bits per heavy atom. The Morgan fingerprint density at radius 3 is 2.60 bits per heavy atom. The van der Waals surface area contributed by atoms with Crippen LogP contribution >= 0.6 is 0 Å². The Morgan fingerprint density at radius 2 is 1.97 bits per heavy atom. The number of ether oxygens (including phenoxy) is 1. The lowest BCUT2D eigenvalue weighted by Crippen LogP contribution is -2.46. The molecule has 2 heterocycles. The van der Waals surface area contributed by atoms with E-state index in [9.17, 15) is 23.1 Å². The zero-order valence-electron chi connectivity index (χ0n) is 17.2. The second kappa shape index (κ2) is 8.29. The fraction of sp³-hybridized carbons (Fsp3) is 0.524. The first-order valence-electron chi connectivity index (χ1n) is 9.82. The minimum Gasteiger partial charge on any atom is -0.483 e. The topological polar surface area (TPSA) is 67.6 Å². The van der Waals surface area contributed by atoms with Gasteiger partial charge >= 0.3 is 6.18 Å². The van der Waals surface area contributed by atoms with Crippen LogP contribution in [0.2, 0.25) is 0 Å². The highest BCUT2D eigenvalue weighted by Crippen LogP contribution is 2.30. The Kier molecular flexibility index (Phi) is 6.12. The minimum absolute atomic E-state index is 0.0752. The second-order valence-electron chi connectivity index (χ2n) is 8.21. The summed E-state index contributed by atoms with van der Waals surface area (Å²) >= 11 is 0. The number of carbonyl (C=O) groups excluding carboxylic acids is 1. The van der Waals surface area contributed by atoms with E-state index in [4.69, 9.17) is 4.74 Å². The number of hydrogen-bond acceptors (Lipinski definition) is 4. The number of nitrogens with zero attached hydrogens (tertiary/aromatic N) is 3. The van der Waals surface area contributed by atoms with Crippen molar-refractivity contribution < 1.29 is 27.8 Å². The van der Waals surface area contributed by atoms with Crippen LogP contribution in [0, 0.1) is 0 Å². The summed E-state index contributed by atoms with van der Waals surface area (Å²) in [6.45, 7) is 4.16. The van der Waals surface area contributed by atoms with Gasteiger partial charge in [0.05, 0.1) is 23.4 Å². The number of likely N-dealkylation sites (tertiary alicyclic amines) is 1. The standard InChI is InChI=1S/C21H26F3N3O3/c1-14-8-9-16(27-11-15(10-25-27)20(2,3)29)12-26(14)19(28)17-6-4-5-7-18(17)30-13-21(22,23)24/h4-7,10-11,14,16,29H,8-9,12-13H2,1-3H3/t14-,16-/m1/s1. The average Bonchev–Trinajstić information content (AvgIpc) is 3.16. The van der Waals surface area contributed by atoms with Gasteiger partial charge in [-0.05, 0) is 45.7 Å². The van der Waals surface area contributed by atoms with Gasteiger partial charge in [-0.1, -0.05) is 12.1 Å². The predicted molar refractivity (Wildman–Crippen MR) is 104 cm³/mol. The first-order valence-corrected chi connectivity index (χ1v) is 9.82. The summed E-state index contributed by atoms with van der Waals surface area (Å²) in [6.07, 6.45) is 0.399. The number of para-hydroxylation sites is 1. The number of hydrogen-bond donors (Lipinski definition) is 1. The van der Waals surface area contributed by atoms with Gasteiger partial charge in [0, 0.05) is 24.3 Å². The van der Waals surface area contributed by atoms with E-state index in [-0.39, 0.29) is 29.3 Å². The van der Waals surface area contributed by atoms with Crippen LogP contribution in [0.5, 0.6) is 5.75 Å². The van der Waals surface area contributed by atoms with Crippen LogP contribution in [-0.4, -0.2) is 51.1 Å². The van der Waals surface area contributed by atoms with Crippen LogP contribution in [0.15, 0.2) is 36.7 Å². The molecule has 1 aliphatic heterocycles. The largest absolute Gasteiger partial charge is 0.483 e. The normalized spacial score (nSPS) is 20.3. The van der Waals surface area contributed by atoms with Gasteiger partial charge in [0.1, 0.15) is 5.75 Å². The van der Waals surface area contributed by atoms with E-state index in [0.717, 1.165) is 12.8 Å². The molecule has 0 aliphatic carbocycles. The minimum atomic E-state index is -4.49. The summed E-state index contributed by atoms with van der Waals surface area (Å²) in [6, 6.07) is 5.81. The molecule has 164 valence electrons. The van der Waals surface area contributed by atoms with Gasteiger partial charge in [-0.25, -0.2) is 0 Å². The SMILES string of the molecule is C[C@@H]1CC[C@@H](n2cc(C(C)(C)O)cn2)CN1C(=O)c1ccccc1OCC(F)(F)F. The molecular formula is C21H26F3N3O3. The third-order valence-electron chi connectivity index (χ3n) is 5.31. The van der Waals surface area contributed by atoms with Crippen molar-refractivity contribution in [1.29, 1.82) is 0 Å². The Labute approximate surface area is 173 Å². The van der Waals surface area contributed by atoms with Gasteiger partial charge < -0.3 is 14.7 Å². The lowest BCUT2D eigenvalue weighted by Gasteiger charge is -2.38. The van der Waals surface area contributed by atoms with Gasteiger partial charge in [0.2, 0.25) is 0 Å². The molecule has 2 aromatic rings. The summed E-state index contributed by atoms with van der Waals surface area (Å²) in [5, 5.41) is 14.5. The van der Waals surface area contributed by atoms with Crippen molar-refractivity contribution in [2.45, 2.75) is 57.5 Å². The Hall–Kier alpha value is -2.55. The van der Waals surface area contributed by atoms with E-state index < -0.39 is 18.4 Å². The first kappa shape index (κ1) is 22.1. The Balaban J connectivity index is 1.79. The number of aliphatic hydroxyl groups is 1. The van der Waals surface area contributed by atoms with Crippen LogP contribution in [0.25, 0.3) is 0 Å². The maximum Gasteiger partial charge on any atom is 0.422 e. The fourth-order valence-corrected chi connectivity index (χ4v) is 3.52. The van der Waals surface area contributed by atoms with Crippen LogP contribution in [-0.2, 0) is 5.60 Å². The van der Waals surface area contributed by atoms with Crippen molar-refractivity contribution in [1.82, 2.24) is 14.7 Å². The molecule has 1 fully saturated rings. The van der Waals surface area contributed by atoms with Crippen molar-refractivity contribution in [3.05, 3.63) is 47.8 Å². The molecule has 1 aromatic carbocycles. The molecule has 1 saturated heterocycles. The lowest BCUT2D eigenvalue weighted by atomic mass is 9.98. The summed E-state index contributed by atoms with van der Waals surface area (Å²) < 4.78 is 44.3. The summed E-state index contributed by atoms with van der Waals surface area (Å²) in [7, 11) is 0. The summed E-state index contributed by atoms with van der Waals surface area (Å²) in [4.78, 5) is 14.8. The zero-order valence-corrected chi connectivity index (χ0v) is 17.2. The smallest absolute Gasteiger partial charge is 0.422 e. The van der Waals surface area contributed by atoms with Crippen molar-refractivity contribution >= 4 is 5.91 Å². The molecule has 1 aromatic heterocycles. The lowest BCUT2D eigenvalue weighted by molar-refractivity contribution is -0.153. The molecule has 6 nitrogen and oxygen atoms in total. The number of carbonyl (C=O) groups is 1. The number of amides is 1. The molecule has 0 saturated carbocycles. The number of piperidine rings is 1. The first-order chi connectivity index (χ1) is 14.0.